The third kappa shape index (κ3) is 5.24. The number of rotatable bonds is 6. The third-order valence-corrected chi connectivity index (χ3v) is 6.21. The quantitative estimate of drug-likeness (QED) is 0.535. The number of benzene rings is 1. The summed E-state index contributed by atoms with van der Waals surface area (Å²) in [5, 5.41) is 6.55. The Morgan fingerprint density at radius 1 is 1.07 bits per heavy atom. The highest BCUT2D eigenvalue weighted by atomic mass is 32.2. The minimum Gasteiger partial charge on any atom is -0.454 e. The van der Waals surface area contributed by atoms with Gasteiger partial charge in [-0.05, 0) is 37.1 Å². The average Bonchev–Trinajstić information content (AvgIpc) is 3.07. The normalized spacial score (nSPS) is 16.0. The Hall–Kier alpha value is -2.74. The van der Waals surface area contributed by atoms with Crippen LogP contribution in [-0.2, 0) is 4.79 Å². The SMILES string of the molecule is O=C(CSc1ncccc1C(=O)NC1CCCCCC1)Nc1ccc2c(c1)OCO2. The molecule has 0 radical (unpaired) electrons. The van der Waals surface area contributed by atoms with E-state index < -0.39 is 0 Å². The maximum Gasteiger partial charge on any atom is 0.254 e. The molecule has 1 fully saturated rings. The topological polar surface area (TPSA) is 89.6 Å². The number of hydrogen-bond acceptors (Lipinski definition) is 6. The van der Waals surface area contributed by atoms with Crippen LogP contribution in [-0.4, -0.2) is 35.4 Å². The zero-order valence-electron chi connectivity index (χ0n) is 16.7. The van der Waals surface area contributed by atoms with Crippen molar-refractivity contribution < 1.29 is 19.1 Å². The van der Waals surface area contributed by atoms with Crippen molar-refractivity contribution in [1.82, 2.24) is 10.3 Å². The molecule has 1 saturated carbocycles. The van der Waals surface area contributed by atoms with Crippen LogP contribution in [0.2, 0.25) is 0 Å². The molecule has 8 heteroatoms. The van der Waals surface area contributed by atoms with Crippen molar-refractivity contribution in [2.24, 2.45) is 0 Å². The molecule has 0 spiro atoms. The largest absolute Gasteiger partial charge is 0.454 e. The minimum absolute atomic E-state index is 0.117. The number of fused-ring (bicyclic) bond motifs is 1. The Balaban J connectivity index is 1.34. The highest BCUT2D eigenvalue weighted by Crippen LogP contribution is 2.34. The van der Waals surface area contributed by atoms with Crippen LogP contribution in [0, 0.1) is 0 Å². The van der Waals surface area contributed by atoms with Crippen LogP contribution >= 0.6 is 11.8 Å². The zero-order chi connectivity index (χ0) is 20.8. The van der Waals surface area contributed by atoms with Gasteiger partial charge < -0.3 is 20.1 Å². The first-order valence-electron chi connectivity index (χ1n) is 10.3. The molecule has 30 heavy (non-hydrogen) atoms. The molecule has 1 aliphatic heterocycles. The summed E-state index contributed by atoms with van der Waals surface area (Å²) in [6.45, 7) is 0.188. The summed E-state index contributed by atoms with van der Waals surface area (Å²) in [4.78, 5) is 29.5. The first kappa shape index (κ1) is 20.5. The summed E-state index contributed by atoms with van der Waals surface area (Å²) in [7, 11) is 0. The lowest BCUT2D eigenvalue weighted by Crippen LogP contribution is -2.34. The summed E-state index contributed by atoms with van der Waals surface area (Å²) >= 11 is 1.25. The fourth-order valence-corrected chi connectivity index (χ4v) is 4.46. The number of nitrogens with zero attached hydrogens (tertiary/aromatic N) is 1. The summed E-state index contributed by atoms with van der Waals surface area (Å²) < 4.78 is 10.6. The molecule has 2 amide bonds. The Bertz CT molecular complexity index is 913. The monoisotopic (exact) mass is 427 g/mol. The molecular formula is C22H25N3O4S. The van der Waals surface area contributed by atoms with Gasteiger partial charge in [-0.25, -0.2) is 4.98 Å². The summed E-state index contributed by atoms with van der Waals surface area (Å²) in [5.41, 5.74) is 1.15. The van der Waals surface area contributed by atoms with E-state index in [1.54, 1.807) is 36.5 Å². The number of thioether (sulfide) groups is 1. The molecule has 0 atom stereocenters. The van der Waals surface area contributed by atoms with E-state index in [0.717, 1.165) is 25.7 Å². The standard InChI is InChI=1S/C22H25N3O4S/c26-20(24-16-9-10-18-19(12-16)29-14-28-18)13-30-22-17(8-5-11-23-22)21(27)25-15-6-3-1-2-4-7-15/h5,8-12,15H,1-4,6-7,13-14H2,(H,24,26)(H,25,27). The molecule has 4 rings (SSSR count). The van der Waals surface area contributed by atoms with Crippen LogP contribution in [0.3, 0.4) is 0 Å². The van der Waals surface area contributed by atoms with Crippen LogP contribution in [0.4, 0.5) is 5.69 Å². The number of amides is 2. The molecule has 2 N–H and O–H groups in total. The average molecular weight is 428 g/mol. The molecule has 7 nitrogen and oxygen atoms in total. The Labute approximate surface area is 179 Å². The number of hydrogen-bond donors (Lipinski definition) is 2. The Kier molecular flexibility index (Phi) is 6.74. The van der Waals surface area contributed by atoms with Gasteiger partial charge in [0.05, 0.1) is 11.3 Å². The molecule has 0 unspecified atom stereocenters. The molecular weight excluding hydrogens is 402 g/mol. The second-order valence-electron chi connectivity index (χ2n) is 7.42. The maximum absolute atomic E-state index is 12.8. The van der Waals surface area contributed by atoms with Gasteiger partial charge in [-0.2, -0.15) is 0 Å². The first-order chi connectivity index (χ1) is 14.7. The second-order valence-corrected chi connectivity index (χ2v) is 8.39. The number of pyridine rings is 1. The first-order valence-corrected chi connectivity index (χ1v) is 11.3. The van der Waals surface area contributed by atoms with Gasteiger partial charge in [-0.15, -0.1) is 0 Å². The van der Waals surface area contributed by atoms with Gasteiger partial charge >= 0.3 is 0 Å². The van der Waals surface area contributed by atoms with Crippen molar-refractivity contribution >= 4 is 29.3 Å². The Morgan fingerprint density at radius 3 is 2.70 bits per heavy atom. The number of nitrogens with one attached hydrogen (secondary N) is 2. The number of aromatic nitrogens is 1. The molecule has 1 aromatic heterocycles. The minimum atomic E-state index is -0.181. The lowest BCUT2D eigenvalue weighted by Gasteiger charge is -2.17. The molecule has 0 saturated heterocycles. The van der Waals surface area contributed by atoms with Crippen LogP contribution in [0.25, 0.3) is 0 Å². The van der Waals surface area contributed by atoms with E-state index in [1.807, 2.05) is 0 Å². The van der Waals surface area contributed by atoms with E-state index >= 15 is 0 Å². The number of carbonyl (C=O) groups excluding carboxylic acids is 2. The van der Waals surface area contributed by atoms with Gasteiger partial charge in [0.1, 0.15) is 5.03 Å². The highest BCUT2D eigenvalue weighted by Gasteiger charge is 2.19. The molecule has 2 aromatic rings. The maximum atomic E-state index is 12.8. The second kappa shape index (κ2) is 9.84. The molecule has 1 aromatic carbocycles. The third-order valence-electron chi connectivity index (χ3n) is 5.20. The van der Waals surface area contributed by atoms with Crippen molar-refractivity contribution in [2.45, 2.75) is 49.6 Å². The smallest absolute Gasteiger partial charge is 0.254 e. The van der Waals surface area contributed by atoms with Crippen LogP contribution in [0.15, 0.2) is 41.6 Å². The predicted molar refractivity (Wildman–Crippen MR) is 115 cm³/mol. The molecule has 158 valence electrons. The van der Waals surface area contributed by atoms with Crippen molar-refractivity contribution in [2.75, 3.05) is 17.9 Å². The number of anilines is 1. The van der Waals surface area contributed by atoms with Crippen molar-refractivity contribution in [3.8, 4) is 11.5 Å². The van der Waals surface area contributed by atoms with Gasteiger partial charge in [0.15, 0.2) is 11.5 Å². The van der Waals surface area contributed by atoms with Gasteiger partial charge in [-0.1, -0.05) is 37.4 Å². The predicted octanol–water partition coefficient (Wildman–Crippen LogP) is 3.99. The van der Waals surface area contributed by atoms with Crippen molar-refractivity contribution in [3.05, 3.63) is 42.1 Å². The van der Waals surface area contributed by atoms with E-state index in [-0.39, 0.29) is 30.4 Å². The lowest BCUT2D eigenvalue weighted by molar-refractivity contribution is -0.113. The van der Waals surface area contributed by atoms with Gasteiger partial charge in [0.25, 0.3) is 5.91 Å². The van der Waals surface area contributed by atoms with E-state index in [1.165, 1.54) is 24.6 Å². The molecule has 0 bridgehead atoms. The fourth-order valence-electron chi connectivity index (χ4n) is 3.67. The van der Waals surface area contributed by atoms with Crippen molar-refractivity contribution in [1.29, 1.82) is 0 Å². The highest BCUT2D eigenvalue weighted by molar-refractivity contribution is 8.00. The van der Waals surface area contributed by atoms with E-state index in [9.17, 15) is 9.59 Å². The van der Waals surface area contributed by atoms with Crippen LogP contribution < -0.4 is 20.1 Å². The fraction of sp³-hybridized carbons (Fsp3) is 0.409. The van der Waals surface area contributed by atoms with E-state index in [0.29, 0.717) is 27.8 Å². The Morgan fingerprint density at radius 2 is 1.87 bits per heavy atom. The summed E-state index contributed by atoms with van der Waals surface area (Å²) in [6, 6.07) is 8.99. The van der Waals surface area contributed by atoms with E-state index in [4.69, 9.17) is 9.47 Å². The van der Waals surface area contributed by atoms with Gasteiger partial charge in [0, 0.05) is 24.0 Å². The molecule has 1 aliphatic carbocycles. The summed E-state index contributed by atoms with van der Waals surface area (Å²) in [6.07, 6.45) is 8.45. The van der Waals surface area contributed by atoms with Crippen LogP contribution in [0.5, 0.6) is 11.5 Å². The van der Waals surface area contributed by atoms with E-state index in [2.05, 4.69) is 15.6 Å². The molecule has 2 heterocycles. The number of ether oxygens (including phenoxy) is 2. The van der Waals surface area contributed by atoms with Gasteiger partial charge in [0.2, 0.25) is 12.7 Å². The van der Waals surface area contributed by atoms with Gasteiger partial charge in [-0.3, -0.25) is 9.59 Å². The van der Waals surface area contributed by atoms with Crippen molar-refractivity contribution in [3.63, 3.8) is 0 Å². The lowest BCUT2D eigenvalue weighted by atomic mass is 10.1. The molecule has 2 aliphatic rings. The number of carbonyl (C=O) groups is 2. The van der Waals surface area contributed by atoms with Crippen LogP contribution in [0.1, 0.15) is 48.9 Å². The summed E-state index contributed by atoms with van der Waals surface area (Å²) in [5.74, 6) is 1.13. The zero-order valence-corrected chi connectivity index (χ0v) is 17.5.